The molecule has 0 fully saturated rings. The smallest absolute Gasteiger partial charge is 0.339 e. The molecule has 1 N–H and O–H groups in total. The lowest BCUT2D eigenvalue weighted by molar-refractivity contribution is -0.112. The number of carbonyl (C=O) groups excluding carboxylic acids is 1. The molecule has 0 atom stereocenters. The summed E-state index contributed by atoms with van der Waals surface area (Å²) in [6, 6.07) is 20.4. The maximum absolute atomic E-state index is 12.5. The zero-order chi connectivity index (χ0) is 23.1. The van der Waals surface area contributed by atoms with Gasteiger partial charge in [-0.1, -0.05) is 35.9 Å². The van der Waals surface area contributed by atoms with Gasteiger partial charge in [0.05, 0.1) is 7.11 Å². The molecule has 0 saturated heterocycles. The van der Waals surface area contributed by atoms with Gasteiger partial charge in [-0.05, 0) is 60.2 Å². The number of anilines is 1. The van der Waals surface area contributed by atoms with Gasteiger partial charge in [-0.3, -0.25) is 4.79 Å². The third-order valence-electron chi connectivity index (χ3n) is 4.20. The Balaban J connectivity index is 1.84. The molecule has 0 heterocycles. The van der Waals surface area contributed by atoms with Gasteiger partial charge in [0.2, 0.25) is 0 Å². The molecule has 32 heavy (non-hydrogen) atoms. The fraction of sp³-hybridized carbons (Fsp3) is 0.0435. The number of nitrogens with zero attached hydrogens (tertiary/aromatic N) is 1. The molecule has 1 amide bonds. The van der Waals surface area contributed by atoms with Gasteiger partial charge in [0.25, 0.3) is 5.91 Å². The summed E-state index contributed by atoms with van der Waals surface area (Å²) in [6.45, 7) is 0. The third kappa shape index (κ3) is 5.66. The van der Waals surface area contributed by atoms with Gasteiger partial charge in [0.15, 0.2) is 11.5 Å². The molecule has 0 saturated carbocycles. The lowest BCUT2D eigenvalue weighted by atomic mass is 10.1. The molecule has 0 aliphatic rings. The highest BCUT2D eigenvalue weighted by molar-refractivity contribution is 7.87. The molecule has 0 bridgehead atoms. The molecule has 0 aliphatic heterocycles. The van der Waals surface area contributed by atoms with Crippen LogP contribution < -0.4 is 14.2 Å². The van der Waals surface area contributed by atoms with Crippen LogP contribution in [0.25, 0.3) is 6.08 Å². The molecule has 9 heteroatoms. The fourth-order valence-corrected chi connectivity index (χ4v) is 3.71. The predicted molar refractivity (Wildman–Crippen MR) is 121 cm³/mol. The number of hydrogen-bond donors (Lipinski definition) is 1. The second-order valence-corrected chi connectivity index (χ2v) is 8.37. The monoisotopic (exact) mass is 468 g/mol. The van der Waals surface area contributed by atoms with Crippen molar-refractivity contribution in [1.29, 1.82) is 5.26 Å². The highest BCUT2D eigenvalue weighted by Gasteiger charge is 2.19. The van der Waals surface area contributed by atoms with E-state index in [1.54, 1.807) is 30.3 Å². The Bertz CT molecular complexity index is 1300. The number of para-hydroxylation sites is 1. The van der Waals surface area contributed by atoms with Crippen LogP contribution in [0.3, 0.4) is 0 Å². The van der Waals surface area contributed by atoms with Gasteiger partial charge >= 0.3 is 10.1 Å². The van der Waals surface area contributed by atoms with E-state index in [-0.39, 0.29) is 22.0 Å². The maximum atomic E-state index is 12.5. The molecule has 0 aliphatic carbocycles. The number of methoxy groups -OCH3 is 1. The van der Waals surface area contributed by atoms with Crippen LogP contribution in [-0.4, -0.2) is 21.4 Å². The number of ether oxygens (including phenoxy) is 1. The molecule has 3 aromatic carbocycles. The van der Waals surface area contributed by atoms with Gasteiger partial charge in [-0.25, -0.2) is 0 Å². The number of nitriles is 1. The number of hydrogen-bond acceptors (Lipinski definition) is 6. The summed E-state index contributed by atoms with van der Waals surface area (Å²) in [5.41, 5.74) is 0.851. The minimum absolute atomic E-state index is 0.0492. The summed E-state index contributed by atoms with van der Waals surface area (Å²) in [7, 11) is -2.78. The van der Waals surface area contributed by atoms with Crippen molar-refractivity contribution in [2.45, 2.75) is 4.90 Å². The maximum Gasteiger partial charge on any atom is 0.339 e. The van der Waals surface area contributed by atoms with Crippen molar-refractivity contribution in [3.8, 4) is 17.6 Å². The van der Waals surface area contributed by atoms with Crippen molar-refractivity contribution in [3.05, 3.63) is 89.0 Å². The number of nitrogens with one attached hydrogen (secondary N) is 1. The molecule has 0 radical (unpaired) electrons. The Labute approximate surface area is 190 Å². The van der Waals surface area contributed by atoms with Crippen molar-refractivity contribution >= 4 is 39.4 Å². The van der Waals surface area contributed by atoms with Gasteiger partial charge in [-0.2, -0.15) is 13.7 Å². The third-order valence-corrected chi connectivity index (χ3v) is 5.70. The van der Waals surface area contributed by atoms with Crippen molar-refractivity contribution in [1.82, 2.24) is 0 Å². The Kier molecular flexibility index (Phi) is 7.15. The van der Waals surface area contributed by atoms with E-state index in [0.29, 0.717) is 16.3 Å². The van der Waals surface area contributed by atoms with Crippen LogP contribution in [0.2, 0.25) is 5.02 Å². The highest BCUT2D eigenvalue weighted by atomic mass is 35.5. The Hall–Kier alpha value is -3.80. The summed E-state index contributed by atoms with van der Waals surface area (Å²) < 4.78 is 35.5. The number of rotatable bonds is 7. The second-order valence-electron chi connectivity index (χ2n) is 6.39. The highest BCUT2D eigenvalue weighted by Crippen LogP contribution is 2.31. The van der Waals surface area contributed by atoms with E-state index >= 15 is 0 Å². The molecule has 162 valence electrons. The molecule has 7 nitrogen and oxygen atoms in total. The van der Waals surface area contributed by atoms with Gasteiger partial charge in [-0.15, -0.1) is 0 Å². The first kappa shape index (κ1) is 22.9. The van der Waals surface area contributed by atoms with Gasteiger partial charge in [0, 0.05) is 10.7 Å². The standard InChI is InChI=1S/C23H17ClN2O5S/c1-30-22-14-16(13-17(15-25)23(27)26-19-5-3-2-4-6-19)7-12-21(22)31-32(28,29)20-10-8-18(24)9-11-20/h2-14H,1H3,(H,26,27)/b17-13+. The number of carbonyl (C=O) groups is 1. The SMILES string of the molecule is COc1cc(/C=C(\C#N)C(=O)Nc2ccccc2)ccc1OS(=O)(=O)c1ccc(Cl)cc1. The van der Waals surface area contributed by atoms with E-state index in [1.807, 2.05) is 6.07 Å². The van der Waals surface area contributed by atoms with E-state index in [2.05, 4.69) is 5.32 Å². The second kappa shape index (κ2) is 10.0. The number of amides is 1. The van der Waals surface area contributed by atoms with Crippen LogP contribution in [0.15, 0.2) is 83.3 Å². The minimum Gasteiger partial charge on any atom is -0.493 e. The van der Waals surface area contributed by atoms with Crippen LogP contribution in [0, 0.1) is 11.3 Å². The van der Waals surface area contributed by atoms with Gasteiger partial charge in [0.1, 0.15) is 16.5 Å². The molecular weight excluding hydrogens is 452 g/mol. The van der Waals surface area contributed by atoms with Crippen LogP contribution in [-0.2, 0) is 14.9 Å². The summed E-state index contributed by atoms with van der Waals surface area (Å²) in [5, 5.41) is 12.4. The minimum atomic E-state index is -4.12. The predicted octanol–water partition coefficient (Wildman–Crippen LogP) is 4.66. The summed E-state index contributed by atoms with van der Waals surface area (Å²) in [4.78, 5) is 12.3. The van der Waals surface area contributed by atoms with Crippen LogP contribution in [0.4, 0.5) is 5.69 Å². The van der Waals surface area contributed by atoms with Crippen molar-refractivity contribution < 1.29 is 22.1 Å². The zero-order valence-corrected chi connectivity index (χ0v) is 18.4. The fourth-order valence-electron chi connectivity index (χ4n) is 2.65. The van der Waals surface area contributed by atoms with E-state index in [9.17, 15) is 18.5 Å². The van der Waals surface area contributed by atoms with E-state index in [4.69, 9.17) is 20.5 Å². The normalized spacial score (nSPS) is 11.3. The molecule has 3 rings (SSSR count). The first-order valence-corrected chi connectivity index (χ1v) is 11.0. The summed E-state index contributed by atoms with van der Waals surface area (Å²) in [6.07, 6.45) is 1.36. The molecular formula is C23H17ClN2O5S. The Morgan fingerprint density at radius 1 is 1.03 bits per heavy atom. The topological polar surface area (TPSA) is 105 Å². The van der Waals surface area contributed by atoms with Crippen LogP contribution in [0.5, 0.6) is 11.5 Å². The largest absolute Gasteiger partial charge is 0.493 e. The van der Waals surface area contributed by atoms with Crippen molar-refractivity contribution in [2.75, 3.05) is 12.4 Å². The Morgan fingerprint density at radius 2 is 1.72 bits per heavy atom. The van der Waals surface area contributed by atoms with Crippen molar-refractivity contribution in [2.24, 2.45) is 0 Å². The van der Waals surface area contributed by atoms with Crippen molar-refractivity contribution in [3.63, 3.8) is 0 Å². The number of benzene rings is 3. The van der Waals surface area contributed by atoms with Gasteiger partial charge < -0.3 is 14.2 Å². The van der Waals surface area contributed by atoms with Crippen LogP contribution in [0.1, 0.15) is 5.56 Å². The molecule has 0 spiro atoms. The summed E-state index contributed by atoms with van der Waals surface area (Å²) in [5.74, 6) is -0.521. The molecule has 0 aromatic heterocycles. The van der Waals surface area contributed by atoms with Crippen LogP contribution >= 0.6 is 11.6 Å². The average Bonchev–Trinajstić information content (AvgIpc) is 2.79. The van der Waals surface area contributed by atoms with E-state index < -0.39 is 16.0 Å². The first-order chi connectivity index (χ1) is 15.3. The van der Waals surface area contributed by atoms with E-state index in [0.717, 1.165) is 0 Å². The molecule has 0 unspecified atom stereocenters. The average molecular weight is 469 g/mol. The Morgan fingerprint density at radius 3 is 2.34 bits per heavy atom. The lowest BCUT2D eigenvalue weighted by Gasteiger charge is -2.11. The first-order valence-electron chi connectivity index (χ1n) is 9.18. The lowest BCUT2D eigenvalue weighted by Crippen LogP contribution is -2.13. The quantitative estimate of drug-likeness (QED) is 0.307. The zero-order valence-electron chi connectivity index (χ0n) is 16.8. The molecule has 3 aromatic rings. The number of halogens is 1. The summed E-state index contributed by atoms with van der Waals surface area (Å²) >= 11 is 5.80. The van der Waals surface area contributed by atoms with E-state index in [1.165, 1.54) is 55.7 Å².